The number of aryl methyl sites for hydroxylation is 1. The van der Waals surface area contributed by atoms with E-state index in [4.69, 9.17) is 10.3 Å². The standard InChI is InChI=1S/C23H23F5N6O/c1-13-19(21(29)32-35-13)15-6-18-20(30-7-15)17(16-8-31-34(10-16)12-23(26,27)28)11-33(18)9-14-2-4-22(24,25)5-3-14/h6-8,10-11,14H,2-5,9,12H2,1H3,(H2,29,32). The van der Waals surface area contributed by atoms with Crippen LogP contribution in [0, 0.1) is 12.8 Å². The van der Waals surface area contributed by atoms with E-state index in [1.165, 1.54) is 12.4 Å². The minimum absolute atomic E-state index is 0.0390. The highest BCUT2D eigenvalue weighted by Gasteiger charge is 2.35. The van der Waals surface area contributed by atoms with E-state index in [1.807, 2.05) is 10.6 Å². The Labute approximate surface area is 196 Å². The van der Waals surface area contributed by atoms with Gasteiger partial charge in [0.25, 0.3) is 0 Å². The third-order valence-electron chi connectivity index (χ3n) is 6.47. The molecular formula is C23H23F5N6O. The molecule has 35 heavy (non-hydrogen) atoms. The summed E-state index contributed by atoms with van der Waals surface area (Å²) < 4.78 is 73.7. The normalized spacial score (nSPS) is 16.9. The van der Waals surface area contributed by atoms with Gasteiger partial charge in [-0.2, -0.15) is 18.3 Å². The largest absolute Gasteiger partial charge is 0.408 e. The van der Waals surface area contributed by atoms with Gasteiger partial charge in [-0.15, -0.1) is 0 Å². The third kappa shape index (κ3) is 4.73. The van der Waals surface area contributed by atoms with Crippen molar-refractivity contribution in [3.05, 3.63) is 36.6 Å². The third-order valence-corrected chi connectivity index (χ3v) is 6.47. The maximum atomic E-state index is 13.7. The lowest BCUT2D eigenvalue weighted by atomic mass is 9.87. The van der Waals surface area contributed by atoms with E-state index in [9.17, 15) is 22.0 Å². The van der Waals surface area contributed by atoms with Crippen molar-refractivity contribution < 1.29 is 26.5 Å². The molecule has 5 rings (SSSR count). The molecule has 12 heteroatoms. The van der Waals surface area contributed by atoms with Gasteiger partial charge in [0, 0.05) is 54.7 Å². The molecule has 0 unspecified atom stereocenters. The van der Waals surface area contributed by atoms with E-state index in [2.05, 4.69) is 15.2 Å². The molecule has 0 bridgehead atoms. The molecule has 0 radical (unpaired) electrons. The lowest BCUT2D eigenvalue weighted by Gasteiger charge is -2.28. The van der Waals surface area contributed by atoms with E-state index in [0.29, 0.717) is 58.4 Å². The van der Waals surface area contributed by atoms with Gasteiger partial charge >= 0.3 is 6.18 Å². The molecule has 0 atom stereocenters. The number of anilines is 1. The molecule has 4 aromatic rings. The predicted molar refractivity (Wildman–Crippen MR) is 119 cm³/mol. The minimum Gasteiger partial charge on any atom is -0.380 e. The first-order chi connectivity index (χ1) is 16.5. The summed E-state index contributed by atoms with van der Waals surface area (Å²) in [5.41, 5.74) is 9.60. The average Bonchev–Trinajstić information content (AvgIpc) is 3.46. The topological polar surface area (TPSA) is 87.7 Å². The smallest absolute Gasteiger partial charge is 0.380 e. The molecule has 4 aromatic heterocycles. The Hall–Kier alpha value is -3.44. The van der Waals surface area contributed by atoms with Gasteiger partial charge in [-0.25, -0.2) is 8.78 Å². The van der Waals surface area contributed by atoms with Crippen LogP contribution in [0.4, 0.5) is 27.8 Å². The number of halogens is 5. The lowest BCUT2D eigenvalue weighted by Crippen LogP contribution is -2.26. The summed E-state index contributed by atoms with van der Waals surface area (Å²) >= 11 is 0. The molecule has 0 aromatic carbocycles. The summed E-state index contributed by atoms with van der Waals surface area (Å²) in [5.74, 6) is -1.86. The predicted octanol–water partition coefficient (Wildman–Crippen LogP) is 5.83. The Kier molecular flexibility index (Phi) is 5.56. The molecule has 1 saturated carbocycles. The zero-order valence-electron chi connectivity index (χ0n) is 18.8. The molecule has 1 aliphatic rings. The van der Waals surface area contributed by atoms with Crippen LogP contribution in [-0.4, -0.2) is 36.6 Å². The lowest BCUT2D eigenvalue weighted by molar-refractivity contribution is -0.142. The van der Waals surface area contributed by atoms with Gasteiger partial charge in [-0.1, -0.05) is 5.16 Å². The fraction of sp³-hybridized carbons (Fsp3) is 0.435. The fourth-order valence-electron chi connectivity index (χ4n) is 4.74. The monoisotopic (exact) mass is 494 g/mol. The number of nitrogens with zero attached hydrogens (tertiary/aromatic N) is 5. The number of hydrogen-bond acceptors (Lipinski definition) is 5. The van der Waals surface area contributed by atoms with Gasteiger partial charge in [0.15, 0.2) is 5.82 Å². The molecule has 1 fully saturated rings. The first kappa shape index (κ1) is 23.3. The molecule has 0 spiro atoms. The van der Waals surface area contributed by atoms with E-state index in [0.717, 1.165) is 4.68 Å². The summed E-state index contributed by atoms with van der Waals surface area (Å²) in [4.78, 5) is 4.59. The van der Waals surface area contributed by atoms with Crippen LogP contribution in [0.25, 0.3) is 33.3 Å². The van der Waals surface area contributed by atoms with Crippen LogP contribution < -0.4 is 5.73 Å². The Balaban J connectivity index is 1.56. The van der Waals surface area contributed by atoms with Crippen LogP contribution in [0.3, 0.4) is 0 Å². The van der Waals surface area contributed by atoms with Crippen LogP contribution in [0.2, 0.25) is 0 Å². The Morgan fingerprint density at radius 1 is 1.14 bits per heavy atom. The number of aromatic nitrogens is 5. The molecule has 4 heterocycles. The highest BCUT2D eigenvalue weighted by atomic mass is 19.4. The zero-order valence-corrected chi connectivity index (χ0v) is 18.8. The number of nitrogens with two attached hydrogens (primary N) is 1. The van der Waals surface area contributed by atoms with E-state index in [1.54, 1.807) is 19.3 Å². The maximum absolute atomic E-state index is 13.7. The highest BCUT2D eigenvalue weighted by Crippen LogP contribution is 2.39. The van der Waals surface area contributed by atoms with Crippen molar-refractivity contribution in [3.63, 3.8) is 0 Å². The van der Waals surface area contributed by atoms with Gasteiger partial charge in [0.05, 0.1) is 22.8 Å². The van der Waals surface area contributed by atoms with Gasteiger partial charge in [-0.3, -0.25) is 9.67 Å². The zero-order chi connectivity index (χ0) is 25.0. The molecule has 186 valence electrons. The van der Waals surface area contributed by atoms with Crippen LogP contribution in [-0.2, 0) is 13.1 Å². The second-order valence-corrected chi connectivity index (χ2v) is 9.13. The summed E-state index contributed by atoms with van der Waals surface area (Å²) in [5, 5.41) is 7.63. The Bertz CT molecular complexity index is 1340. The molecule has 2 N–H and O–H groups in total. The quantitative estimate of drug-likeness (QED) is 0.353. The van der Waals surface area contributed by atoms with Gasteiger partial charge < -0.3 is 14.8 Å². The van der Waals surface area contributed by atoms with Crippen molar-refractivity contribution in [1.29, 1.82) is 0 Å². The van der Waals surface area contributed by atoms with Gasteiger partial charge in [0.1, 0.15) is 12.3 Å². The summed E-state index contributed by atoms with van der Waals surface area (Å²) in [6.07, 6.45) is 2.15. The fourth-order valence-corrected chi connectivity index (χ4v) is 4.74. The molecule has 7 nitrogen and oxygen atoms in total. The van der Waals surface area contributed by atoms with Crippen molar-refractivity contribution in [2.75, 3.05) is 5.73 Å². The molecule has 0 aliphatic heterocycles. The minimum atomic E-state index is -4.40. The van der Waals surface area contributed by atoms with E-state index >= 15 is 0 Å². The second-order valence-electron chi connectivity index (χ2n) is 9.13. The van der Waals surface area contributed by atoms with Crippen molar-refractivity contribution >= 4 is 16.9 Å². The summed E-state index contributed by atoms with van der Waals surface area (Å²) in [7, 11) is 0. The van der Waals surface area contributed by atoms with Crippen molar-refractivity contribution in [3.8, 4) is 22.3 Å². The summed E-state index contributed by atoms with van der Waals surface area (Å²) in [6.45, 7) is 1.00. The van der Waals surface area contributed by atoms with Crippen molar-refractivity contribution in [1.82, 2.24) is 24.5 Å². The van der Waals surface area contributed by atoms with Crippen molar-refractivity contribution in [2.24, 2.45) is 5.92 Å². The van der Waals surface area contributed by atoms with Crippen LogP contribution >= 0.6 is 0 Å². The van der Waals surface area contributed by atoms with Crippen LogP contribution in [0.1, 0.15) is 31.4 Å². The summed E-state index contributed by atoms with van der Waals surface area (Å²) in [6, 6.07) is 1.86. The van der Waals surface area contributed by atoms with Crippen molar-refractivity contribution in [2.45, 2.75) is 57.8 Å². The highest BCUT2D eigenvalue weighted by molar-refractivity contribution is 5.95. The number of nitrogen functional groups attached to an aromatic ring is 1. The Morgan fingerprint density at radius 3 is 2.54 bits per heavy atom. The first-order valence-electron chi connectivity index (χ1n) is 11.2. The van der Waals surface area contributed by atoms with Gasteiger partial charge in [0.2, 0.25) is 5.92 Å². The Morgan fingerprint density at radius 2 is 1.89 bits per heavy atom. The number of alkyl halides is 5. The first-order valence-corrected chi connectivity index (χ1v) is 11.2. The molecule has 0 saturated heterocycles. The van der Waals surface area contributed by atoms with Crippen LogP contribution in [0.5, 0.6) is 0 Å². The maximum Gasteiger partial charge on any atom is 0.408 e. The average molecular weight is 494 g/mol. The number of rotatable bonds is 5. The van der Waals surface area contributed by atoms with Crippen LogP contribution in [0.15, 0.2) is 35.4 Å². The number of hydrogen-bond donors (Lipinski definition) is 1. The number of fused-ring (bicyclic) bond motifs is 1. The van der Waals surface area contributed by atoms with E-state index < -0.39 is 18.6 Å². The van der Waals surface area contributed by atoms with E-state index in [-0.39, 0.29) is 24.6 Å². The molecule has 0 amide bonds. The number of pyridine rings is 1. The van der Waals surface area contributed by atoms with Gasteiger partial charge in [-0.05, 0) is 31.7 Å². The molecule has 1 aliphatic carbocycles. The second kappa shape index (κ2) is 8.35. The SMILES string of the molecule is Cc1onc(N)c1-c1cnc2c(-c3cnn(CC(F)(F)F)c3)cn(CC3CCC(F)(F)CC3)c2c1. The molecular weight excluding hydrogens is 471 g/mol.